The maximum absolute atomic E-state index is 12.3. The van der Waals surface area contributed by atoms with E-state index in [-0.39, 0.29) is 5.91 Å². The monoisotopic (exact) mass is 409 g/mol. The van der Waals surface area contributed by atoms with E-state index in [0.717, 1.165) is 24.1 Å². The average Bonchev–Trinajstić information content (AvgIpc) is 2.64. The SMILES string of the molecule is Cc1ccc(C)c(N(CCCC(=O)NCCCN2CCCCC2)S(C)(=O)=O)c1. The first-order valence-electron chi connectivity index (χ1n) is 10.3. The molecule has 158 valence electrons. The summed E-state index contributed by atoms with van der Waals surface area (Å²) >= 11 is 0. The van der Waals surface area contributed by atoms with Crippen LogP contribution in [0.2, 0.25) is 0 Å². The van der Waals surface area contributed by atoms with E-state index in [1.807, 2.05) is 32.0 Å². The molecule has 0 atom stereocenters. The van der Waals surface area contributed by atoms with Crippen LogP contribution in [-0.2, 0) is 14.8 Å². The Morgan fingerprint density at radius 2 is 1.86 bits per heavy atom. The van der Waals surface area contributed by atoms with Gasteiger partial charge in [-0.1, -0.05) is 18.6 Å². The highest BCUT2D eigenvalue weighted by Crippen LogP contribution is 2.24. The second-order valence-corrected chi connectivity index (χ2v) is 9.74. The van der Waals surface area contributed by atoms with Crippen LogP contribution in [-0.4, -0.2) is 58.2 Å². The normalized spacial score (nSPS) is 15.4. The topological polar surface area (TPSA) is 69.7 Å². The Labute approximate surface area is 170 Å². The minimum atomic E-state index is -3.39. The number of rotatable bonds is 10. The molecule has 1 aromatic carbocycles. The lowest BCUT2D eigenvalue weighted by atomic mass is 10.1. The Hall–Kier alpha value is -1.60. The minimum Gasteiger partial charge on any atom is -0.356 e. The Morgan fingerprint density at radius 1 is 1.14 bits per heavy atom. The maximum atomic E-state index is 12.3. The highest BCUT2D eigenvalue weighted by atomic mass is 32.2. The molecule has 0 unspecified atom stereocenters. The van der Waals surface area contributed by atoms with Gasteiger partial charge >= 0.3 is 0 Å². The van der Waals surface area contributed by atoms with Crippen LogP contribution in [0, 0.1) is 13.8 Å². The van der Waals surface area contributed by atoms with E-state index in [2.05, 4.69) is 10.2 Å². The molecule has 0 bridgehead atoms. The van der Waals surface area contributed by atoms with Gasteiger partial charge in [-0.2, -0.15) is 0 Å². The maximum Gasteiger partial charge on any atom is 0.232 e. The molecule has 0 saturated carbocycles. The molecule has 0 aliphatic carbocycles. The molecule has 0 radical (unpaired) electrons. The van der Waals surface area contributed by atoms with Crippen LogP contribution < -0.4 is 9.62 Å². The summed E-state index contributed by atoms with van der Waals surface area (Å²) in [6.45, 7) is 8.23. The standard InChI is InChI=1S/C21H35N3O3S/c1-18-10-11-19(2)20(17-18)24(28(3,26)27)16-7-9-21(25)22-12-8-15-23-13-5-4-6-14-23/h10-11,17H,4-9,12-16H2,1-3H3,(H,22,25). The van der Waals surface area contributed by atoms with Crippen molar-refractivity contribution in [2.45, 2.75) is 52.4 Å². The van der Waals surface area contributed by atoms with Crippen molar-refractivity contribution in [2.24, 2.45) is 0 Å². The Bertz CT molecular complexity index is 743. The van der Waals surface area contributed by atoms with Crippen molar-refractivity contribution < 1.29 is 13.2 Å². The zero-order valence-electron chi connectivity index (χ0n) is 17.5. The molecule has 7 heteroatoms. The van der Waals surface area contributed by atoms with Crippen molar-refractivity contribution in [1.82, 2.24) is 10.2 Å². The predicted molar refractivity (Wildman–Crippen MR) is 115 cm³/mol. The van der Waals surface area contributed by atoms with Gasteiger partial charge in [0, 0.05) is 19.5 Å². The molecule has 1 amide bonds. The first kappa shape index (κ1) is 22.7. The molecule has 1 aliphatic heterocycles. The third-order valence-electron chi connectivity index (χ3n) is 5.22. The van der Waals surface area contributed by atoms with E-state index in [1.54, 1.807) is 0 Å². The zero-order chi connectivity index (χ0) is 20.6. The highest BCUT2D eigenvalue weighted by molar-refractivity contribution is 7.92. The summed E-state index contributed by atoms with van der Waals surface area (Å²) in [5.41, 5.74) is 2.63. The molecule has 1 fully saturated rings. The smallest absolute Gasteiger partial charge is 0.232 e. The van der Waals surface area contributed by atoms with Crippen molar-refractivity contribution in [3.63, 3.8) is 0 Å². The Kier molecular flexibility index (Phi) is 8.76. The van der Waals surface area contributed by atoms with E-state index in [1.165, 1.54) is 42.9 Å². The van der Waals surface area contributed by atoms with Gasteiger partial charge < -0.3 is 10.2 Å². The number of nitrogens with zero attached hydrogens (tertiary/aromatic N) is 2. The molecule has 1 saturated heterocycles. The van der Waals surface area contributed by atoms with Crippen LogP contribution in [0.4, 0.5) is 5.69 Å². The Morgan fingerprint density at radius 3 is 2.54 bits per heavy atom. The van der Waals surface area contributed by atoms with Crippen molar-refractivity contribution in [2.75, 3.05) is 43.3 Å². The van der Waals surface area contributed by atoms with Gasteiger partial charge in [-0.15, -0.1) is 0 Å². The number of carbonyl (C=O) groups excluding carboxylic acids is 1. The highest BCUT2D eigenvalue weighted by Gasteiger charge is 2.19. The van der Waals surface area contributed by atoms with Gasteiger partial charge in [0.2, 0.25) is 15.9 Å². The summed E-state index contributed by atoms with van der Waals surface area (Å²) in [7, 11) is -3.39. The molecular weight excluding hydrogens is 374 g/mol. The van der Waals surface area contributed by atoms with E-state index >= 15 is 0 Å². The lowest BCUT2D eigenvalue weighted by Crippen LogP contribution is -2.34. The molecule has 1 N–H and O–H groups in total. The third kappa shape index (κ3) is 7.43. The first-order valence-corrected chi connectivity index (χ1v) is 12.2. The summed E-state index contributed by atoms with van der Waals surface area (Å²) in [5, 5.41) is 2.96. The number of anilines is 1. The van der Waals surface area contributed by atoms with Gasteiger partial charge in [-0.25, -0.2) is 8.42 Å². The fraction of sp³-hybridized carbons (Fsp3) is 0.667. The molecule has 1 heterocycles. The summed E-state index contributed by atoms with van der Waals surface area (Å²) in [4.78, 5) is 14.6. The van der Waals surface area contributed by atoms with Crippen LogP contribution in [0.1, 0.15) is 49.7 Å². The van der Waals surface area contributed by atoms with Gasteiger partial charge in [0.25, 0.3) is 0 Å². The van der Waals surface area contributed by atoms with Crippen LogP contribution in [0.15, 0.2) is 18.2 Å². The number of carbonyl (C=O) groups is 1. The quantitative estimate of drug-likeness (QED) is 0.603. The van der Waals surface area contributed by atoms with Crippen LogP contribution >= 0.6 is 0 Å². The number of hydrogen-bond acceptors (Lipinski definition) is 4. The van der Waals surface area contributed by atoms with Gasteiger partial charge in [0.1, 0.15) is 0 Å². The molecular formula is C21H35N3O3S. The summed E-state index contributed by atoms with van der Waals surface area (Å²) in [5.74, 6) is -0.00643. The van der Waals surface area contributed by atoms with Crippen LogP contribution in [0.5, 0.6) is 0 Å². The third-order valence-corrected chi connectivity index (χ3v) is 6.40. The second kappa shape index (κ2) is 10.8. The number of hydrogen-bond donors (Lipinski definition) is 1. The minimum absolute atomic E-state index is 0.00643. The number of likely N-dealkylation sites (tertiary alicyclic amines) is 1. The molecule has 2 rings (SSSR count). The average molecular weight is 410 g/mol. The van der Waals surface area contributed by atoms with Crippen LogP contribution in [0.25, 0.3) is 0 Å². The van der Waals surface area contributed by atoms with Gasteiger partial charge in [-0.3, -0.25) is 9.10 Å². The summed E-state index contributed by atoms with van der Waals surface area (Å²) in [6, 6.07) is 5.78. The number of amides is 1. The summed E-state index contributed by atoms with van der Waals surface area (Å²) in [6.07, 6.45) is 6.91. The zero-order valence-corrected chi connectivity index (χ0v) is 18.4. The second-order valence-electron chi connectivity index (χ2n) is 7.83. The lowest BCUT2D eigenvalue weighted by molar-refractivity contribution is -0.121. The van der Waals surface area contributed by atoms with Gasteiger partial charge in [-0.05, 0) is 76.4 Å². The number of aryl methyl sites for hydroxylation is 2. The molecule has 0 spiro atoms. The molecule has 1 aromatic rings. The molecule has 1 aliphatic rings. The van der Waals surface area contributed by atoms with Crippen molar-refractivity contribution in [1.29, 1.82) is 0 Å². The largest absolute Gasteiger partial charge is 0.356 e. The molecule has 0 aromatic heterocycles. The van der Waals surface area contributed by atoms with Crippen molar-refractivity contribution >= 4 is 21.6 Å². The number of piperidine rings is 1. The molecule has 28 heavy (non-hydrogen) atoms. The number of nitrogens with one attached hydrogen (secondary N) is 1. The predicted octanol–water partition coefficient (Wildman–Crippen LogP) is 2.84. The van der Waals surface area contributed by atoms with Gasteiger partial charge in [0.05, 0.1) is 11.9 Å². The van der Waals surface area contributed by atoms with E-state index in [4.69, 9.17) is 0 Å². The number of sulfonamides is 1. The van der Waals surface area contributed by atoms with Crippen molar-refractivity contribution in [3.8, 4) is 0 Å². The van der Waals surface area contributed by atoms with Crippen LogP contribution in [0.3, 0.4) is 0 Å². The van der Waals surface area contributed by atoms with Gasteiger partial charge in [0.15, 0.2) is 0 Å². The first-order chi connectivity index (χ1) is 13.3. The van der Waals surface area contributed by atoms with E-state index < -0.39 is 10.0 Å². The number of benzene rings is 1. The fourth-order valence-electron chi connectivity index (χ4n) is 3.64. The van der Waals surface area contributed by atoms with E-state index in [9.17, 15) is 13.2 Å². The summed E-state index contributed by atoms with van der Waals surface area (Å²) < 4.78 is 25.9. The Balaban J connectivity index is 1.75. The molecule has 6 nitrogen and oxygen atoms in total. The van der Waals surface area contributed by atoms with E-state index in [0.29, 0.717) is 31.6 Å². The fourth-order valence-corrected chi connectivity index (χ4v) is 4.65. The van der Waals surface area contributed by atoms with Crippen molar-refractivity contribution in [3.05, 3.63) is 29.3 Å². The lowest BCUT2D eigenvalue weighted by Gasteiger charge is -2.26.